The van der Waals surface area contributed by atoms with Crippen LogP contribution in [0.1, 0.15) is 45.1 Å². The highest BCUT2D eigenvalue weighted by Crippen LogP contribution is 2.70. The number of nitrogens with zero attached hydrogens (tertiary/aromatic N) is 1. The molecule has 1 aromatic carbocycles. The van der Waals surface area contributed by atoms with E-state index in [0.717, 1.165) is 24.0 Å². The van der Waals surface area contributed by atoms with Gasteiger partial charge < -0.3 is 10.2 Å². The molecule has 5 aliphatic rings. The molecule has 2 N–H and O–H groups in total. The summed E-state index contributed by atoms with van der Waals surface area (Å²) >= 11 is 0. The Kier molecular flexibility index (Phi) is 5.64. The number of hydrogen-bond donors (Lipinski definition) is 2. The zero-order valence-corrected chi connectivity index (χ0v) is 21.4. The molecule has 7 nitrogen and oxygen atoms in total. The van der Waals surface area contributed by atoms with E-state index < -0.39 is 34.9 Å². The second-order valence-electron chi connectivity index (χ2n) is 12.2. The average molecular weight is 506 g/mol. The number of Topliss-reactive ketones (excluding diaryl/α,β-unsaturated/α-hetero) is 1. The maximum Gasteiger partial charge on any atom is 0.250 e. The zero-order chi connectivity index (χ0) is 26.2. The van der Waals surface area contributed by atoms with Gasteiger partial charge >= 0.3 is 0 Å². The van der Waals surface area contributed by atoms with Crippen LogP contribution in [0.2, 0.25) is 0 Å². The molecule has 0 bridgehead atoms. The first-order chi connectivity index (χ1) is 17.6. The third-order valence-electron chi connectivity index (χ3n) is 10.5. The Balaban J connectivity index is 1.33. The second-order valence-corrected chi connectivity index (χ2v) is 12.2. The summed E-state index contributed by atoms with van der Waals surface area (Å²) in [5, 5.41) is 23.1. The fourth-order valence-electron chi connectivity index (χ4n) is 8.99. The second kappa shape index (κ2) is 8.45. The van der Waals surface area contributed by atoms with E-state index in [2.05, 4.69) is 6.92 Å². The lowest BCUT2D eigenvalue weighted by atomic mass is 9.46. The van der Waals surface area contributed by atoms with Gasteiger partial charge in [-0.3, -0.25) is 19.2 Å². The lowest BCUT2D eigenvalue weighted by molar-refractivity contribution is -0.246. The molecule has 1 heterocycles. The molecule has 0 aromatic heterocycles. The smallest absolute Gasteiger partial charge is 0.250 e. The van der Waals surface area contributed by atoms with Crippen LogP contribution in [0.3, 0.4) is 0 Å². The first kappa shape index (κ1) is 24.7. The summed E-state index contributed by atoms with van der Waals surface area (Å²) in [4.78, 5) is 45.2. The Morgan fingerprint density at radius 3 is 2.68 bits per heavy atom. The Morgan fingerprint density at radius 1 is 1.19 bits per heavy atom. The summed E-state index contributed by atoms with van der Waals surface area (Å²) in [6, 6.07) is 9.43. The highest BCUT2D eigenvalue weighted by atomic mass is 16.7. The van der Waals surface area contributed by atoms with E-state index in [1.807, 2.05) is 43.3 Å². The Labute approximate surface area is 217 Å². The Bertz CT molecular complexity index is 1210. The van der Waals surface area contributed by atoms with E-state index in [1.165, 1.54) is 5.06 Å². The Morgan fingerprint density at radius 2 is 1.95 bits per heavy atom. The molecule has 0 unspecified atom stereocenters. The van der Waals surface area contributed by atoms with Gasteiger partial charge in [-0.05, 0) is 55.2 Å². The van der Waals surface area contributed by atoms with Crippen molar-refractivity contribution in [3.8, 4) is 0 Å². The molecule has 37 heavy (non-hydrogen) atoms. The van der Waals surface area contributed by atoms with Crippen molar-refractivity contribution in [3.05, 3.63) is 59.7 Å². The maximum absolute atomic E-state index is 13.5. The van der Waals surface area contributed by atoms with Crippen LogP contribution in [0.5, 0.6) is 0 Å². The minimum absolute atomic E-state index is 0.00221. The number of aliphatic hydroxyl groups excluding tert-OH is 2. The van der Waals surface area contributed by atoms with Gasteiger partial charge in [0.1, 0.15) is 6.61 Å². The van der Waals surface area contributed by atoms with E-state index >= 15 is 0 Å². The molecule has 196 valence electrons. The first-order valence-corrected chi connectivity index (χ1v) is 13.4. The number of carbonyl (C=O) groups excluding carboxylic acids is 3. The first-order valence-electron chi connectivity index (χ1n) is 13.4. The van der Waals surface area contributed by atoms with Gasteiger partial charge in [0.25, 0.3) is 5.91 Å². The molecule has 6 rings (SSSR count). The van der Waals surface area contributed by atoms with Crippen molar-refractivity contribution >= 4 is 17.5 Å². The molecule has 3 saturated carbocycles. The molecule has 0 radical (unpaired) electrons. The number of allylic oxidation sites excluding steroid dienone is 4. The number of hydroxylamine groups is 2. The number of aliphatic hydroxyl groups is 2. The summed E-state index contributed by atoms with van der Waals surface area (Å²) in [5.41, 5.74) is -0.528. The fourth-order valence-corrected chi connectivity index (χ4v) is 8.99. The van der Waals surface area contributed by atoms with Gasteiger partial charge in [0, 0.05) is 22.7 Å². The van der Waals surface area contributed by atoms with E-state index in [4.69, 9.17) is 4.84 Å². The molecule has 8 atom stereocenters. The number of ketones is 2. The van der Waals surface area contributed by atoms with Crippen molar-refractivity contribution in [2.75, 3.05) is 13.2 Å². The molecular formula is C30H35NO6. The monoisotopic (exact) mass is 505 g/mol. The van der Waals surface area contributed by atoms with Gasteiger partial charge in [-0.15, -0.1) is 0 Å². The van der Waals surface area contributed by atoms with Crippen molar-refractivity contribution in [1.82, 2.24) is 5.06 Å². The van der Waals surface area contributed by atoms with E-state index in [1.54, 1.807) is 12.2 Å². The minimum Gasteiger partial charge on any atom is -0.393 e. The largest absolute Gasteiger partial charge is 0.393 e. The molecule has 4 aliphatic carbocycles. The summed E-state index contributed by atoms with van der Waals surface area (Å²) < 4.78 is 0. The molecule has 1 amide bonds. The lowest BCUT2D eigenvalue weighted by Crippen LogP contribution is -2.63. The van der Waals surface area contributed by atoms with Crippen LogP contribution in [0.15, 0.2) is 54.1 Å². The molecule has 4 fully saturated rings. The van der Waals surface area contributed by atoms with Crippen molar-refractivity contribution in [1.29, 1.82) is 0 Å². The SMILES string of the molecule is C[C@]12C=CC(=O)C=C1CC[C@@H]1[C@@H]2[C@@H](O)C[C@@]2(C)[C@H]1C[C@H]1CN(C(=O)Cc3ccccc3)O[C@]12C(=O)CO. The standard InChI is InChI=1S/C30H35NO6/c1-28-11-10-21(33)13-19(28)8-9-22-23-14-20-16-31(26(36)12-18-6-4-3-5-7-18)37-30(20,25(35)17-32)29(23,2)15-24(34)27(22)28/h3-7,10-11,13,20,22-24,27,32,34H,8-9,12,14-17H2,1-2H3/t20-,22-,23-,24-,27+,28-,29-,30-/m0/s1. The van der Waals surface area contributed by atoms with Gasteiger partial charge in [-0.25, -0.2) is 5.06 Å². The topological polar surface area (TPSA) is 104 Å². The van der Waals surface area contributed by atoms with Crippen LogP contribution in [0.4, 0.5) is 0 Å². The number of rotatable bonds is 4. The number of carbonyl (C=O) groups is 3. The van der Waals surface area contributed by atoms with Gasteiger partial charge in [0.05, 0.1) is 19.1 Å². The quantitative estimate of drug-likeness (QED) is 0.652. The van der Waals surface area contributed by atoms with E-state index in [9.17, 15) is 24.6 Å². The van der Waals surface area contributed by atoms with Crippen molar-refractivity contribution in [2.45, 2.75) is 57.7 Å². The van der Waals surface area contributed by atoms with Crippen molar-refractivity contribution in [3.63, 3.8) is 0 Å². The minimum atomic E-state index is -1.35. The summed E-state index contributed by atoms with van der Waals surface area (Å²) in [7, 11) is 0. The number of hydrogen-bond acceptors (Lipinski definition) is 6. The molecule has 1 aliphatic heterocycles. The van der Waals surface area contributed by atoms with Crippen LogP contribution in [0.25, 0.3) is 0 Å². The molecule has 1 aromatic rings. The van der Waals surface area contributed by atoms with Crippen molar-refractivity contribution in [2.24, 2.45) is 34.5 Å². The summed E-state index contributed by atoms with van der Waals surface area (Å²) in [6.07, 6.45) is 7.43. The normalized spacial score (nSPS) is 41.9. The highest BCUT2D eigenvalue weighted by molar-refractivity contribution is 6.01. The predicted octanol–water partition coefficient (Wildman–Crippen LogP) is 2.81. The van der Waals surface area contributed by atoms with Crippen molar-refractivity contribution < 1.29 is 29.4 Å². The van der Waals surface area contributed by atoms with Gasteiger partial charge in [-0.2, -0.15) is 0 Å². The predicted molar refractivity (Wildman–Crippen MR) is 135 cm³/mol. The molecule has 1 saturated heterocycles. The van der Waals surface area contributed by atoms with Gasteiger partial charge in [0.2, 0.25) is 0 Å². The third kappa shape index (κ3) is 3.33. The van der Waals surface area contributed by atoms with Crippen LogP contribution in [-0.4, -0.2) is 57.6 Å². The lowest BCUT2D eigenvalue weighted by Gasteiger charge is -2.59. The van der Waals surface area contributed by atoms with Crippen LogP contribution in [0, 0.1) is 34.5 Å². The third-order valence-corrected chi connectivity index (χ3v) is 10.5. The van der Waals surface area contributed by atoms with E-state index in [-0.39, 0.29) is 41.8 Å². The zero-order valence-electron chi connectivity index (χ0n) is 21.4. The van der Waals surface area contributed by atoms with Crippen LogP contribution < -0.4 is 0 Å². The highest BCUT2D eigenvalue weighted by Gasteiger charge is 2.75. The van der Waals surface area contributed by atoms with Crippen LogP contribution >= 0.6 is 0 Å². The number of benzene rings is 1. The Hall–Kier alpha value is -2.61. The number of amides is 1. The summed E-state index contributed by atoms with van der Waals surface area (Å²) in [5.74, 6) is -0.701. The number of fused-ring (bicyclic) bond motifs is 7. The maximum atomic E-state index is 13.5. The average Bonchev–Trinajstić information content (AvgIpc) is 3.37. The fraction of sp³-hybridized carbons (Fsp3) is 0.567. The molecule has 0 spiro atoms. The molecule has 7 heteroatoms. The van der Waals surface area contributed by atoms with Gasteiger partial charge in [-0.1, -0.05) is 55.8 Å². The summed E-state index contributed by atoms with van der Waals surface area (Å²) in [6.45, 7) is 3.77. The molecular weight excluding hydrogens is 470 g/mol. The van der Waals surface area contributed by atoms with Crippen LogP contribution in [-0.2, 0) is 25.6 Å². The van der Waals surface area contributed by atoms with E-state index in [0.29, 0.717) is 19.4 Å². The van der Waals surface area contributed by atoms with Gasteiger partial charge in [0.15, 0.2) is 17.2 Å².